The number of halogens is 1. The van der Waals surface area contributed by atoms with Crippen LogP contribution in [0.2, 0.25) is 5.02 Å². The zero-order chi connectivity index (χ0) is 29.2. The van der Waals surface area contributed by atoms with E-state index >= 15 is 0 Å². The quantitative estimate of drug-likeness (QED) is 0.321. The molecule has 0 bridgehead atoms. The lowest BCUT2D eigenvalue weighted by Gasteiger charge is -2.33. The predicted octanol–water partition coefficient (Wildman–Crippen LogP) is 4.04. The van der Waals surface area contributed by atoms with E-state index in [1.807, 2.05) is 60.7 Å². The van der Waals surface area contributed by atoms with E-state index in [-0.39, 0.29) is 31.5 Å². The first-order valence-electron chi connectivity index (χ1n) is 13.7. The van der Waals surface area contributed by atoms with Crippen LogP contribution in [0.4, 0.5) is 0 Å². The molecule has 1 heterocycles. The van der Waals surface area contributed by atoms with Gasteiger partial charge in [-0.15, -0.1) is 0 Å². The van der Waals surface area contributed by atoms with Crippen LogP contribution < -0.4 is 5.32 Å². The Morgan fingerprint density at radius 1 is 0.927 bits per heavy atom. The van der Waals surface area contributed by atoms with Gasteiger partial charge in [0.1, 0.15) is 6.04 Å². The van der Waals surface area contributed by atoms with Gasteiger partial charge in [0.2, 0.25) is 21.8 Å². The summed E-state index contributed by atoms with van der Waals surface area (Å²) in [7, 11) is -3.74. The summed E-state index contributed by atoms with van der Waals surface area (Å²) in [5.74, 6) is -0.796. The second kappa shape index (κ2) is 14.6. The second-order valence-electron chi connectivity index (χ2n) is 10.3. The van der Waals surface area contributed by atoms with Gasteiger partial charge in [-0.1, -0.05) is 84.4 Å². The van der Waals surface area contributed by atoms with Crippen LogP contribution in [0.15, 0.2) is 84.9 Å². The summed E-state index contributed by atoms with van der Waals surface area (Å²) in [6.45, 7) is 0.735. The third kappa shape index (κ3) is 9.39. The number of ether oxygens (including phenoxy) is 1. The fraction of sp³-hybridized carbons (Fsp3) is 0.355. The Hall–Kier alpha value is -3.24. The molecule has 4 rings (SSSR count). The van der Waals surface area contributed by atoms with Gasteiger partial charge >= 0.3 is 0 Å². The topological polar surface area (TPSA) is 96.0 Å². The van der Waals surface area contributed by atoms with Gasteiger partial charge in [0.25, 0.3) is 0 Å². The van der Waals surface area contributed by atoms with Crippen molar-refractivity contribution in [1.29, 1.82) is 0 Å². The first kappa shape index (κ1) is 30.7. The molecule has 0 radical (unpaired) electrons. The number of carbonyl (C=O) groups excluding carboxylic acids is 2. The van der Waals surface area contributed by atoms with E-state index in [9.17, 15) is 18.0 Å². The normalized spacial score (nSPS) is 15.9. The first-order valence-corrected chi connectivity index (χ1v) is 15.9. The van der Waals surface area contributed by atoms with E-state index in [0.29, 0.717) is 18.2 Å². The van der Waals surface area contributed by atoms with Crippen molar-refractivity contribution in [2.24, 2.45) is 0 Å². The van der Waals surface area contributed by atoms with E-state index in [1.54, 1.807) is 24.3 Å². The van der Waals surface area contributed by atoms with Gasteiger partial charge in [0.15, 0.2) is 0 Å². The number of nitrogens with one attached hydrogen (secondary N) is 1. The molecule has 3 aromatic carbocycles. The zero-order valence-electron chi connectivity index (χ0n) is 23.1. The summed E-state index contributed by atoms with van der Waals surface area (Å²) >= 11 is 6.10. The largest absolute Gasteiger partial charge is 0.376 e. The summed E-state index contributed by atoms with van der Waals surface area (Å²) < 4.78 is 32.4. The van der Waals surface area contributed by atoms with Gasteiger partial charge < -0.3 is 15.0 Å². The molecule has 1 aliphatic rings. The number of carbonyl (C=O) groups is 2. The molecular weight excluding hydrogens is 562 g/mol. The Kier molecular flexibility index (Phi) is 10.9. The van der Waals surface area contributed by atoms with Crippen LogP contribution in [-0.2, 0) is 43.9 Å². The average Bonchev–Trinajstić information content (AvgIpc) is 3.49. The molecule has 0 aliphatic carbocycles. The van der Waals surface area contributed by atoms with Crippen molar-refractivity contribution in [2.75, 3.05) is 26.0 Å². The van der Waals surface area contributed by atoms with Gasteiger partial charge in [0.05, 0.1) is 18.9 Å². The number of hydrogen-bond acceptors (Lipinski definition) is 5. The van der Waals surface area contributed by atoms with Crippen LogP contribution in [0.1, 0.15) is 29.5 Å². The highest BCUT2D eigenvalue weighted by Gasteiger charge is 2.33. The van der Waals surface area contributed by atoms with Crippen molar-refractivity contribution >= 4 is 33.4 Å². The number of sulfonamides is 1. The molecule has 41 heavy (non-hydrogen) atoms. The molecule has 218 valence electrons. The van der Waals surface area contributed by atoms with E-state index < -0.39 is 28.5 Å². The number of hydrogen-bond donors (Lipinski definition) is 1. The van der Waals surface area contributed by atoms with Gasteiger partial charge in [-0.25, -0.2) is 8.42 Å². The Balaban J connectivity index is 1.65. The SMILES string of the molecule is CS(=O)(=O)N(CC(=O)N(Cc1ccc(Cl)cc1)[C@H](Cc1ccccc1)C(=O)NC[C@H]1CCCO1)Cc1ccccc1. The standard InChI is InChI=1S/C31H36ClN3O5S/c1-41(38,39)34(21-25-11-6-3-7-12-25)23-30(36)35(22-26-14-16-27(32)17-15-26)29(19-24-9-4-2-5-10-24)31(37)33-20-28-13-8-18-40-28/h2-7,9-12,14-17,28-29H,8,13,18-23H2,1H3,(H,33,37)/t28-,29-/m1/s1. The molecule has 1 N–H and O–H groups in total. The highest BCUT2D eigenvalue weighted by atomic mass is 35.5. The van der Waals surface area contributed by atoms with Crippen LogP contribution >= 0.6 is 11.6 Å². The van der Waals surface area contributed by atoms with Crippen molar-refractivity contribution in [2.45, 2.75) is 44.5 Å². The number of benzene rings is 3. The Morgan fingerprint density at radius 2 is 1.54 bits per heavy atom. The highest BCUT2D eigenvalue weighted by molar-refractivity contribution is 7.88. The van der Waals surface area contributed by atoms with Crippen LogP contribution in [-0.4, -0.2) is 67.5 Å². The van der Waals surface area contributed by atoms with E-state index in [1.165, 1.54) is 4.90 Å². The van der Waals surface area contributed by atoms with Crippen LogP contribution in [0.3, 0.4) is 0 Å². The molecule has 10 heteroatoms. The monoisotopic (exact) mass is 597 g/mol. The summed E-state index contributed by atoms with van der Waals surface area (Å²) in [5, 5.41) is 3.54. The summed E-state index contributed by atoms with van der Waals surface area (Å²) in [5.41, 5.74) is 2.40. The number of rotatable bonds is 13. The molecule has 2 amide bonds. The minimum atomic E-state index is -3.74. The minimum Gasteiger partial charge on any atom is -0.376 e. The van der Waals surface area contributed by atoms with E-state index in [4.69, 9.17) is 16.3 Å². The maximum Gasteiger partial charge on any atom is 0.243 e. The van der Waals surface area contributed by atoms with Crippen molar-refractivity contribution in [1.82, 2.24) is 14.5 Å². The fourth-order valence-corrected chi connectivity index (χ4v) is 5.65. The van der Waals surface area contributed by atoms with Crippen LogP contribution in [0.5, 0.6) is 0 Å². The molecular formula is C31H36ClN3O5S. The van der Waals surface area contributed by atoms with E-state index in [2.05, 4.69) is 5.32 Å². The summed E-state index contributed by atoms with van der Waals surface area (Å²) in [6, 6.07) is 24.7. The summed E-state index contributed by atoms with van der Waals surface area (Å²) in [4.78, 5) is 29.3. The Morgan fingerprint density at radius 3 is 2.12 bits per heavy atom. The zero-order valence-corrected chi connectivity index (χ0v) is 24.7. The van der Waals surface area contributed by atoms with Crippen molar-refractivity contribution < 1.29 is 22.7 Å². The number of amides is 2. The lowest BCUT2D eigenvalue weighted by atomic mass is 10.0. The lowest BCUT2D eigenvalue weighted by molar-refractivity contribution is -0.141. The third-order valence-electron chi connectivity index (χ3n) is 7.05. The summed E-state index contributed by atoms with van der Waals surface area (Å²) in [6.07, 6.45) is 3.08. The molecule has 0 spiro atoms. The highest BCUT2D eigenvalue weighted by Crippen LogP contribution is 2.19. The van der Waals surface area contributed by atoms with Crippen LogP contribution in [0, 0.1) is 0 Å². The average molecular weight is 598 g/mol. The molecule has 3 aromatic rings. The second-order valence-corrected chi connectivity index (χ2v) is 12.7. The van der Waals surface area contributed by atoms with Crippen LogP contribution in [0.25, 0.3) is 0 Å². The lowest BCUT2D eigenvalue weighted by Crippen LogP contribution is -2.53. The molecule has 0 aromatic heterocycles. The van der Waals surface area contributed by atoms with Crippen molar-refractivity contribution in [3.8, 4) is 0 Å². The molecule has 0 unspecified atom stereocenters. The smallest absolute Gasteiger partial charge is 0.243 e. The maximum absolute atomic E-state index is 14.0. The molecule has 8 nitrogen and oxygen atoms in total. The Bertz CT molecular complexity index is 1380. The van der Waals surface area contributed by atoms with Crippen molar-refractivity contribution in [3.05, 3.63) is 107 Å². The fourth-order valence-electron chi connectivity index (χ4n) is 4.80. The molecule has 0 saturated carbocycles. The predicted molar refractivity (Wildman–Crippen MR) is 160 cm³/mol. The maximum atomic E-state index is 14.0. The first-order chi connectivity index (χ1) is 19.7. The van der Waals surface area contributed by atoms with Gasteiger partial charge in [0, 0.05) is 37.7 Å². The molecule has 2 atom stereocenters. The Labute approximate surface area is 247 Å². The molecule has 1 fully saturated rings. The number of nitrogens with zero attached hydrogens (tertiary/aromatic N) is 2. The molecule has 1 saturated heterocycles. The van der Waals surface area contributed by atoms with Gasteiger partial charge in [-0.2, -0.15) is 4.31 Å². The minimum absolute atomic E-state index is 0.0365. The van der Waals surface area contributed by atoms with E-state index in [0.717, 1.165) is 40.1 Å². The van der Waals surface area contributed by atoms with Gasteiger partial charge in [-0.05, 0) is 41.7 Å². The van der Waals surface area contributed by atoms with Gasteiger partial charge in [-0.3, -0.25) is 9.59 Å². The van der Waals surface area contributed by atoms with Crippen molar-refractivity contribution in [3.63, 3.8) is 0 Å². The third-order valence-corrected chi connectivity index (χ3v) is 8.50. The molecule has 1 aliphatic heterocycles.